The molecule has 0 bridgehead atoms. The number of rotatable bonds is 37. The molecule has 338 valence electrons. The lowest BCUT2D eigenvalue weighted by atomic mass is 10.2. The van der Waals surface area contributed by atoms with Crippen molar-refractivity contribution in [1.29, 1.82) is 0 Å². The molecule has 32 heteroatoms. The molecular weight excluding hydrogens is 1010 g/mol. The van der Waals surface area contributed by atoms with E-state index in [4.69, 9.17) is 58.9 Å². The van der Waals surface area contributed by atoms with Crippen molar-refractivity contribution >= 4 is 164 Å². The summed E-state index contributed by atoms with van der Waals surface area (Å²) in [5.41, 5.74) is -0.0101. The third kappa shape index (κ3) is 15.4. The first-order valence-corrected chi connectivity index (χ1v) is 51.6. The van der Waals surface area contributed by atoms with Crippen molar-refractivity contribution in [2.45, 2.75) is 121 Å². The summed E-state index contributed by atoms with van der Waals surface area (Å²) in [7, 11) is -25.3. The van der Waals surface area contributed by atoms with Gasteiger partial charge in [0.15, 0.2) is 0 Å². The van der Waals surface area contributed by atoms with E-state index < -0.39 is 174 Å². The summed E-state index contributed by atoms with van der Waals surface area (Å²) >= 11 is 0. The van der Waals surface area contributed by atoms with Gasteiger partial charge in [-0.1, -0.05) is 99.0 Å². The summed E-state index contributed by atoms with van der Waals surface area (Å²) in [5, 5.41) is 0. The van der Waals surface area contributed by atoms with Crippen molar-refractivity contribution in [3.8, 4) is 0 Å². The summed E-state index contributed by atoms with van der Waals surface area (Å²) in [5.74, 6) is -1.28. The number of ether oxygens (including phenoxy) is 2. The van der Waals surface area contributed by atoms with Gasteiger partial charge in [-0.15, -0.1) is 0 Å². The Labute approximate surface area is 376 Å². The monoisotopic (exact) mass is 1080 g/mol. The normalized spacial score (nSPS) is 20.8. The molecule has 16 nitrogen and oxygen atoms in total. The predicted molar refractivity (Wildman–Crippen MR) is 271 cm³/mol. The highest BCUT2D eigenvalue weighted by Crippen LogP contribution is 2.53. The van der Waals surface area contributed by atoms with Crippen LogP contribution < -0.4 is 0 Å². The van der Waals surface area contributed by atoms with E-state index in [9.17, 15) is 9.59 Å². The molecule has 0 aliphatic heterocycles. The zero-order chi connectivity index (χ0) is 43.7. The highest BCUT2D eigenvalue weighted by Gasteiger charge is 2.73. The Morgan fingerprint density at radius 2 is 0.632 bits per heavy atom. The molecule has 0 saturated heterocycles. The van der Waals surface area contributed by atoms with Gasteiger partial charge < -0.3 is 58.9 Å². The van der Waals surface area contributed by atoms with Crippen LogP contribution in [0.3, 0.4) is 0 Å². The van der Waals surface area contributed by atoms with Gasteiger partial charge in [-0.05, 0) is 12.8 Å². The minimum absolute atomic E-state index is 0.00902. The standard InChI is InChI=1S/C25H78O16Si16/c1-21(23(27)29-19-17-25(3,56(36-48-10,37-49-11)38-50-12)57(39-51-13,40-52-14)41-53-15)20-22(26)28-18-16-24(2,54(30-42-4,31-43-5)32-44-6)55(33-45-7,34-46-8)35-47-9/h1,16-20,42-53H2,2-15H3. The predicted octanol–water partition coefficient (Wildman–Crippen LogP) is -4.06. The molecular formula is C25H78O16Si16. The average molecular weight is 1080 g/mol. The fourth-order valence-electron chi connectivity index (χ4n) is 6.80. The van der Waals surface area contributed by atoms with E-state index in [1.165, 1.54) is 0 Å². The quantitative estimate of drug-likeness (QED) is 0.0336. The van der Waals surface area contributed by atoms with Crippen LogP contribution in [0.15, 0.2) is 12.2 Å². The van der Waals surface area contributed by atoms with Crippen molar-refractivity contribution in [1.82, 2.24) is 0 Å². The lowest BCUT2D eigenvalue weighted by molar-refractivity contribution is -0.146. The lowest BCUT2D eigenvalue weighted by Gasteiger charge is -2.51. The molecule has 0 heterocycles. The van der Waals surface area contributed by atoms with Crippen LogP contribution in [-0.4, -0.2) is 178 Å². The highest BCUT2D eigenvalue weighted by molar-refractivity contribution is 6.94. The summed E-state index contributed by atoms with van der Waals surface area (Å²) in [6.07, 6.45) is 0.292. The molecule has 0 radical (unpaired) electrons. The Morgan fingerprint density at radius 1 is 0.421 bits per heavy atom. The smallest absolute Gasteiger partial charge is 0.465 e. The van der Waals surface area contributed by atoms with Gasteiger partial charge in [-0.2, -0.15) is 0 Å². The molecule has 0 aliphatic carbocycles. The van der Waals surface area contributed by atoms with Crippen molar-refractivity contribution in [3.05, 3.63) is 12.2 Å². The van der Waals surface area contributed by atoms with E-state index in [-0.39, 0.29) is 25.2 Å². The zero-order valence-electron chi connectivity index (χ0n) is 37.8. The Bertz CT molecular complexity index is 1030. The number of hydrogen-bond acceptors (Lipinski definition) is 16. The van der Waals surface area contributed by atoms with Gasteiger partial charge in [0, 0.05) is 5.57 Å². The largest absolute Gasteiger partial charge is 0.479 e. The van der Waals surface area contributed by atoms with Gasteiger partial charge in [-0.25, -0.2) is 4.79 Å². The summed E-state index contributed by atoms with van der Waals surface area (Å²) in [4.78, 5) is 26.8. The first-order chi connectivity index (χ1) is 27.1. The van der Waals surface area contributed by atoms with E-state index in [1.807, 2.05) is 0 Å². The average Bonchev–Trinajstić information content (AvgIpc) is 3.15. The molecule has 0 amide bonds. The van der Waals surface area contributed by atoms with Gasteiger partial charge in [-0.3, -0.25) is 4.79 Å². The Hall–Kier alpha value is 1.67. The van der Waals surface area contributed by atoms with Gasteiger partial charge in [0.05, 0.1) is 19.6 Å². The molecule has 0 spiro atoms. The summed E-state index contributed by atoms with van der Waals surface area (Å²) < 4.78 is 89.8. The van der Waals surface area contributed by atoms with Gasteiger partial charge >= 0.3 is 47.2 Å². The minimum atomic E-state index is -3.40. The fraction of sp³-hybridized carbons (Fsp3) is 0.840. The Balaban J connectivity index is 6.44. The number of hydrogen-bond donors (Lipinski definition) is 0. The van der Waals surface area contributed by atoms with Crippen LogP contribution in [0.5, 0.6) is 0 Å². The molecule has 0 aromatic carbocycles. The molecule has 0 atom stereocenters. The van der Waals surface area contributed by atoms with Crippen LogP contribution in [0.1, 0.15) is 33.1 Å². The van der Waals surface area contributed by atoms with Gasteiger partial charge in [0.25, 0.3) is 0 Å². The first kappa shape index (κ1) is 58.7. The maximum Gasteiger partial charge on any atom is 0.479 e. The highest BCUT2D eigenvalue weighted by atomic mass is 28.5. The van der Waals surface area contributed by atoms with Crippen LogP contribution in [0.2, 0.25) is 87.9 Å². The van der Waals surface area contributed by atoms with Crippen molar-refractivity contribution < 1.29 is 68.4 Å². The van der Waals surface area contributed by atoms with E-state index in [2.05, 4.69) is 99.0 Å². The number of esters is 2. The third-order valence-corrected chi connectivity index (χ3v) is 51.2. The molecule has 0 saturated carbocycles. The summed E-state index contributed by atoms with van der Waals surface area (Å²) in [6, 6.07) is 0. The topological polar surface area (TPSA) is 163 Å². The van der Waals surface area contributed by atoms with Crippen LogP contribution in [0.4, 0.5) is 0 Å². The molecule has 0 unspecified atom stereocenters. The molecule has 0 aromatic heterocycles. The van der Waals surface area contributed by atoms with Crippen LogP contribution in [0.25, 0.3) is 0 Å². The second-order valence-corrected chi connectivity index (χ2v) is 43.4. The van der Waals surface area contributed by atoms with Crippen LogP contribution in [0, 0.1) is 0 Å². The third-order valence-electron chi connectivity index (χ3n) is 9.06. The summed E-state index contributed by atoms with van der Waals surface area (Å²) in [6.45, 7) is 32.8. The van der Waals surface area contributed by atoms with E-state index in [0.717, 1.165) is 0 Å². The molecule has 0 rings (SSSR count). The molecule has 0 aromatic rings. The first-order valence-electron chi connectivity index (χ1n) is 20.8. The minimum Gasteiger partial charge on any atom is -0.465 e. The molecule has 0 N–H and O–H groups in total. The van der Waals surface area contributed by atoms with Gasteiger partial charge in [0.2, 0.25) is 0 Å². The van der Waals surface area contributed by atoms with Crippen LogP contribution in [-0.2, 0) is 68.4 Å². The fourth-order valence-corrected chi connectivity index (χ4v) is 65.8. The SMILES string of the molecule is C=C(CC(=O)OCCC(C)([Si](O[SiH2]C)(O[SiH2]C)O[SiH2]C)[Si](O[SiH2]C)(O[SiH2]C)O[SiH2]C)C(=O)OCCC(C)([Si](O[SiH2]C)(O[SiH2]C)O[SiH2]C)[Si](O[SiH2]C)(O[SiH2]C)O[SiH2]C. The van der Waals surface area contributed by atoms with Crippen molar-refractivity contribution in [2.24, 2.45) is 0 Å². The second-order valence-electron chi connectivity index (χ2n) is 12.7. The molecule has 0 aliphatic rings. The Morgan fingerprint density at radius 3 is 0.842 bits per heavy atom. The number of carbonyl (C=O) groups is 2. The van der Waals surface area contributed by atoms with Gasteiger partial charge in [0.1, 0.15) is 126 Å². The van der Waals surface area contributed by atoms with E-state index in [0.29, 0.717) is 12.8 Å². The molecule has 0 fully saturated rings. The van der Waals surface area contributed by atoms with Crippen molar-refractivity contribution in [2.75, 3.05) is 13.2 Å². The maximum atomic E-state index is 13.4. The van der Waals surface area contributed by atoms with Crippen LogP contribution >= 0.6 is 0 Å². The maximum absolute atomic E-state index is 13.4. The van der Waals surface area contributed by atoms with E-state index >= 15 is 0 Å². The zero-order valence-corrected chi connectivity index (χ0v) is 58.7. The lowest BCUT2D eigenvalue weighted by Crippen LogP contribution is -2.71. The van der Waals surface area contributed by atoms with Crippen molar-refractivity contribution in [3.63, 3.8) is 0 Å². The van der Waals surface area contributed by atoms with E-state index in [1.54, 1.807) is 0 Å². The number of carbonyl (C=O) groups excluding carboxylic acids is 2. The second kappa shape index (κ2) is 30.7. The Kier molecular flexibility index (Phi) is 31.6. The molecule has 57 heavy (non-hydrogen) atoms.